The van der Waals surface area contributed by atoms with Crippen molar-refractivity contribution in [1.82, 2.24) is 9.78 Å². The van der Waals surface area contributed by atoms with E-state index < -0.39 is 5.82 Å². The van der Waals surface area contributed by atoms with E-state index >= 15 is 0 Å². The van der Waals surface area contributed by atoms with Crippen LogP contribution in [0.25, 0.3) is 16.8 Å². The highest BCUT2D eigenvalue weighted by Gasteiger charge is 2.32. The average Bonchev–Trinajstić information content (AvgIpc) is 3.22. The largest absolute Gasteiger partial charge is 0.307 e. The lowest BCUT2D eigenvalue weighted by Gasteiger charge is -2.28. The predicted molar refractivity (Wildman–Crippen MR) is 126 cm³/mol. The summed E-state index contributed by atoms with van der Waals surface area (Å²) in [5.74, 6) is -0.834. The van der Waals surface area contributed by atoms with Crippen molar-refractivity contribution in [3.63, 3.8) is 0 Å². The summed E-state index contributed by atoms with van der Waals surface area (Å²) in [6.45, 7) is 2.34. The van der Waals surface area contributed by atoms with Crippen molar-refractivity contribution >= 4 is 17.9 Å². The van der Waals surface area contributed by atoms with Gasteiger partial charge in [0.1, 0.15) is 17.6 Å². The summed E-state index contributed by atoms with van der Waals surface area (Å²) in [6.07, 6.45) is 1.45. The summed E-state index contributed by atoms with van der Waals surface area (Å²) >= 11 is 0. The lowest BCUT2D eigenvalue weighted by Crippen LogP contribution is -2.38. The number of rotatable bonds is 4. The van der Waals surface area contributed by atoms with E-state index in [9.17, 15) is 19.2 Å². The molecule has 0 N–H and O–H groups in total. The quantitative estimate of drug-likeness (QED) is 0.416. The van der Waals surface area contributed by atoms with Crippen molar-refractivity contribution in [1.29, 1.82) is 5.26 Å². The SMILES string of the molecule is Cc1nn(-c2ccc(F)c(C#N)c2)c2c1CCN(c1ccc(-c3ccccc3C=O)cc1)C2=O. The number of carbonyl (C=O) groups is 2. The Balaban J connectivity index is 1.51. The minimum atomic E-state index is -0.617. The normalized spacial score (nSPS) is 12.9. The van der Waals surface area contributed by atoms with E-state index in [2.05, 4.69) is 5.10 Å². The van der Waals surface area contributed by atoms with E-state index in [0.717, 1.165) is 34.4 Å². The first-order valence-electron chi connectivity index (χ1n) is 10.8. The number of carbonyl (C=O) groups excluding carboxylic acids is 2. The monoisotopic (exact) mass is 450 g/mol. The first-order chi connectivity index (χ1) is 16.5. The fourth-order valence-corrected chi connectivity index (χ4v) is 4.38. The van der Waals surface area contributed by atoms with Gasteiger partial charge in [-0.3, -0.25) is 9.59 Å². The van der Waals surface area contributed by atoms with E-state index in [1.165, 1.54) is 22.9 Å². The Hall–Kier alpha value is -4.57. The van der Waals surface area contributed by atoms with Crippen molar-refractivity contribution in [2.45, 2.75) is 13.3 Å². The summed E-state index contributed by atoms with van der Waals surface area (Å²) < 4.78 is 15.3. The van der Waals surface area contributed by atoms with Gasteiger partial charge in [0.15, 0.2) is 6.29 Å². The van der Waals surface area contributed by atoms with Crippen molar-refractivity contribution in [2.75, 3.05) is 11.4 Å². The van der Waals surface area contributed by atoms with Gasteiger partial charge in [-0.1, -0.05) is 36.4 Å². The zero-order chi connectivity index (χ0) is 23.8. The van der Waals surface area contributed by atoms with E-state index in [-0.39, 0.29) is 11.5 Å². The van der Waals surface area contributed by atoms with E-state index in [4.69, 9.17) is 0 Å². The van der Waals surface area contributed by atoms with Crippen LogP contribution in [0.3, 0.4) is 0 Å². The molecule has 7 heteroatoms. The fraction of sp³-hybridized carbons (Fsp3) is 0.111. The van der Waals surface area contributed by atoms with Crippen LogP contribution in [0.15, 0.2) is 66.7 Å². The van der Waals surface area contributed by atoms with Crippen molar-refractivity contribution in [2.24, 2.45) is 0 Å². The van der Waals surface area contributed by atoms with Crippen LogP contribution in [-0.4, -0.2) is 28.5 Å². The van der Waals surface area contributed by atoms with Gasteiger partial charge < -0.3 is 4.90 Å². The molecule has 0 radical (unpaired) electrons. The number of aromatic nitrogens is 2. The van der Waals surface area contributed by atoms with Gasteiger partial charge in [-0.15, -0.1) is 0 Å². The second kappa shape index (κ2) is 8.41. The van der Waals surface area contributed by atoms with Crippen LogP contribution in [0, 0.1) is 24.1 Å². The molecule has 4 aromatic rings. The van der Waals surface area contributed by atoms with Crippen molar-refractivity contribution in [3.8, 4) is 22.9 Å². The third kappa shape index (κ3) is 3.46. The molecular formula is C27H19FN4O2. The number of hydrogen-bond acceptors (Lipinski definition) is 4. The molecular weight excluding hydrogens is 431 g/mol. The molecule has 1 aliphatic rings. The second-order valence-electron chi connectivity index (χ2n) is 8.06. The highest BCUT2D eigenvalue weighted by molar-refractivity contribution is 6.07. The third-order valence-corrected chi connectivity index (χ3v) is 6.11. The van der Waals surface area contributed by atoms with Gasteiger partial charge >= 0.3 is 0 Å². The number of nitrogens with zero attached hydrogens (tertiary/aromatic N) is 4. The molecule has 0 unspecified atom stereocenters. The zero-order valence-corrected chi connectivity index (χ0v) is 18.3. The molecule has 2 heterocycles. The first kappa shape index (κ1) is 21.3. The Bertz CT molecular complexity index is 1480. The van der Waals surface area contributed by atoms with Crippen LogP contribution in [-0.2, 0) is 6.42 Å². The summed E-state index contributed by atoms with van der Waals surface area (Å²) in [5, 5.41) is 13.7. The Kier molecular flexibility index (Phi) is 5.27. The smallest absolute Gasteiger partial charge is 0.277 e. The Morgan fingerprint density at radius 2 is 1.79 bits per heavy atom. The van der Waals surface area contributed by atoms with Gasteiger partial charge in [0.05, 0.1) is 16.9 Å². The topological polar surface area (TPSA) is 79.0 Å². The number of amides is 1. The molecule has 0 saturated heterocycles. The maximum absolute atomic E-state index is 13.8. The Morgan fingerprint density at radius 3 is 2.53 bits per heavy atom. The minimum Gasteiger partial charge on any atom is -0.307 e. The molecule has 1 aliphatic heterocycles. The van der Waals surface area contributed by atoms with Gasteiger partial charge in [0.25, 0.3) is 5.91 Å². The van der Waals surface area contributed by atoms with Crippen molar-refractivity contribution < 1.29 is 14.0 Å². The van der Waals surface area contributed by atoms with Gasteiger partial charge in [0.2, 0.25) is 0 Å². The molecule has 0 saturated carbocycles. The summed E-state index contributed by atoms with van der Waals surface area (Å²) in [5.41, 5.74) is 5.38. The van der Waals surface area contributed by atoms with Crippen LogP contribution in [0.5, 0.6) is 0 Å². The number of nitriles is 1. The summed E-state index contributed by atoms with van der Waals surface area (Å²) in [7, 11) is 0. The summed E-state index contributed by atoms with van der Waals surface area (Å²) in [4.78, 5) is 26.7. The molecule has 34 heavy (non-hydrogen) atoms. The Morgan fingerprint density at radius 1 is 1.06 bits per heavy atom. The van der Waals surface area contributed by atoms with Crippen LogP contribution in [0.2, 0.25) is 0 Å². The number of hydrogen-bond donors (Lipinski definition) is 0. The third-order valence-electron chi connectivity index (χ3n) is 6.11. The molecule has 1 aromatic heterocycles. The van der Waals surface area contributed by atoms with E-state index in [0.29, 0.717) is 29.9 Å². The predicted octanol–water partition coefficient (Wildman–Crippen LogP) is 4.87. The average molecular weight is 450 g/mol. The van der Waals surface area contributed by atoms with Crippen molar-refractivity contribution in [3.05, 3.63) is 101 Å². The molecule has 5 rings (SSSR count). The van der Waals surface area contributed by atoms with Gasteiger partial charge in [-0.05, 0) is 54.8 Å². The van der Waals surface area contributed by atoms with Gasteiger partial charge in [0, 0.05) is 23.4 Å². The highest BCUT2D eigenvalue weighted by atomic mass is 19.1. The molecule has 6 nitrogen and oxygen atoms in total. The molecule has 0 spiro atoms. The number of fused-ring (bicyclic) bond motifs is 1. The van der Waals surface area contributed by atoms with Crippen LogP contribution in [0.4, 0.5) is 10.1 Å². The van der Waals surface area contributed by atoms with E-state index in [1.807, 2.05) is 55.5 Å². The molecule has 0 aliphatic carbocycles. The first-order valence-corrected chi connectivity index (χ1v) is 10.8. The number of anilines is 1. The molecule has 3 aromatic carbocycles. The van der Waals surface area contributed by atoms with Gasteiger partial charge in [-0.25, -0.2) is 9.07 Å². The maximum atomic E-state index is 13.8. The van der Waals surface area contributed by atoms with Crippen LogP contribution >= 0.6 is 0 Å². The van der Waals surface area contributed by atoms with E-state index in [1.54, 1.807) is 11.0 Å². The highest BCUT2D eigenvalue weighted by Crippen LogP contribution is 2.31. The minimum absolute atomic E-state index is 0.106. The molecule has 0 fully saturated rings. The molecule has 166 valence electrons. The summed E-state index contributed by atoms with van der Waals surface area (Å²) in [6, 6.07) is 20.8. The maximum Gasteiger partial charge on any atom is 0.277 e. The lowest BCUT2D eigenvalue weighted by atomic mass is 9.99. The zero-order valence-electron chi connectivity index (χ0n) is 18.3. The Labute approximate surface area is 195 Å². The fourth-order valence-electron chi connectivity index (χ4n) is 4.38. The standard InChI is InChI=1S/C27H19FN4O2/c1-17-23-12-13-31(21-8-6-18(7-9-21)24-5-3-2-4-19(24)16-33)27(34)26(23)32(30-17)22-10-11-25(28)20(14-22)15-29/h2-11,14,16H,12-13H2,1H3. The van der Waals surface area contributed by atoms with Gasteiger partial charge in [-0.2, -0.15) is 10.4 Å². The molecule has 1 amide bonds. The van der Waals surface area contributed by atoms with Crippen LogP contribution in [0.1, 0.15) is 37.7 Å². The lowest BCUT2D eigenvalue weighted by molar-refractivity contribution is 0.0972. The number of aryl methyl sites for hydroxylation is 1. The molecule has 0 atom stereocenters. The molecule has 0 bridgehead atoms. The number of aldehydes is 1. The second-order valence-corrected chi connectivity index (χ2v) is 8.06. The number of benzene rings is 3. The number of halogens is 1. The van der Waals surface area contributed by atoms with Crippen LogP contribution < -0.4 is 4.90 Å².